The van der Waals surface area contributed by atoms with Crippen LogP contribution >= 0.6 is 11.3 Å². The topological polar surface area (TPSA) is 57.8 Å². The fraction of sp³-hybridized carbons (Fsp3) is 0. The van der Waals surface area contributed by atoms with Crippen molar-refractivity contribution < 1.29 is 4.79 Å². The van der Waals surface area contributed by atoms with Gasteiger partial charge in [-0.3, -0.25) is 9.89 Å². The molecule has 0 radical (unpaired) electrons. The van der Waals surface area contributed by atoms with Gasteiger partial charge < -0.3 is 5.32 Å². The maximum absolute atomic E-state index is 11.9. The van der Waals surface area contributed by atoms with Crippen LogP contribution in [0.3, 0.4) is 0 Å². The van der Waals surface area contributed by atoms with Gasteiger partial charge in [-0.2, -0.15) is 5.10 Å². The molecule has 0 unspecified atom stereocenters. The summed E-state index contributed by atoms with van der Waals surface area (Å²) in [5.74, 6) is -0.0892. The number of hydrogen-bond donors (Lipinski definition) is 2. The first-order valence-electron chi connectivity index (χ1n) is 5.11. The minimum atomic E-state index is -0.0892. The summed E-state index contributed by atoms with van der Waals surface area (Å²) < 4.78 is 0. The number of aromatic amines is 1. The highest BCUT2D eigenvalue weighted by atomic mass is 32.1. The van der Waals surface area contributed by atoms with Gasteiger partial charge in [0, 0.05) is 5.39 Å². The molecule has 5 heteroatoms. The molecular formula is C12H9N3OS. The normalized spacial score (nSPS) is 10.6. The number of fused-ring (bicyclic) bond motifs is 1. The van der Waals surface area contributed by atoms with Crippen LogP contribution in [0.1, 0.15) is 9.67 Å². The maximum Gasteiger partial charge on any atom is 0.265 e. The van der Waals surface area contributed by atoms with Crippen molar-refractivity contribution in [3.8, 4) is 0 Å². The van der Waals surface area contributed by atoms with Gasteiger partial charge in [-0.15, -0.1) is 11.3 Å². The molecule has 0 atom stereocenters. The molecular weight excluding hydrogens is 234 g/mol. The summed E-state index contributed by atoms with van der Waals surface area (Å²) in [5.41, 5.74) is 1.68. The summed E-state index contributed by atoms with van der Waals surface area (Å²) in [6.45, 7) is 0. The minimum Gasteiger partial charge on any atom is -0.321 e. The molecule has 0 saturated heterocycles. The molecule has 1 amide bonds. The van der Waals surface area contributed by atoms with Crippen molar-refractivity contribution in [2.24, 2.45) is 0 Å². The first-order valence-corrected chi connectivity index (χ1v) is 5.99. The number of hydrogen-bond acceptors (Lipinski definition) is 3. The Balaban J connectivity index is 1.95. The first-order chi connectivity index (χ1) is 8.34. The van der Waals surface area contributed by atoms with Gasteiger partial charge in [0.2, 0.25) is 0 Å². The van der Waals surface area contributed by atoms with Crippen LogP contribution < -0.4 is 5.32 Å². The standard InChI is InChI=1S/C12H9N3OS/c16-12(11-5-2-6-17-11)14-9-3-1-4-10-8(9)7-13-15-10/h1-7H,(H,13,15)(H,14,16). The molecule has 0 saturated carbocycles. The number of nitrogens with one attached hydrogen (secondary N) is 2. The molecule has 0 aliphatic carbocycles. The van der Waals surface area contributed by atoms with E-state index in [2.05, 4.69) is 15.5 Å². The number of anilines is 1. The molecule has 0 bridgehead atoms. The van der Waals surface area contributed by atoms with E-state index in [1.165, 1.54) is 11.3 Å². The lowest BCUT2D eigenvalue weighted by Gasteiger charge is -2.04. The maximum atomic E-state index is 11.9. The SMILES string of the molecule is O=C(Nc1cccc2[nH]ncc12)c1cccs1. The van der Waals surface area contributed by atoms with E-state index in [0.717, 1.165) is 16.6 Å². The number of carbonyl (C=O) groups is 1. The van der Waals surface area contributed by atoms with Gasteiger partial charge in [0.1, 0.15) is 0 Å². The van der Waals surface area contributed by atoms with Gasteiger partial charge >= 0.3 is 0 Å². The molecule has 2 heterocycles. The van der Waals surface area contributed by atoms with Gasteiger partial charge in [0.25, 0.3) is 5.91 Å². The number of nitrogens with zero attached hydrogens (tertiary/aromatic N) is 1. The third-order valence-corrected chi connectivity index (χ3v) is 3.35. The van der Waals surface area contributed by atoms with E-state index in [0.29, 0.717) is 4.88 Å². The Morgan fingerprint density at radius 1 is 1.29 bits per heavy atom. The minimum absolute atomic E-state index is 0.0892. The van der Waals surface area contributed by atoms with Crippen molar-refractivity contribution in [3.05, 3.63) is 46.8 Å². The van der Waals surface area contributed by atoms with Crippen LogP contribution in [0.25, 0.3) is 10.9 Å². The third kappa shape index (κ3) is 1.81. The Kier molecular flexibility index (Phi) is 2.38. The van der Waals surface area contributed by atoms with Gasteiger partial charge in [-0.25, -0.2) is 0 Å². The van der Waals surface area contributed by atoms with E-state index in [1.54, 1.807) is 12.3 Å². The zero-order valence-electron chi connectivity index (χ0n) is 8.81. The number of rotatable bonds is 2. The molecule has 2 aromatic heterocycles. The van der Waals surface area contributed by atoms with Crippen LogP contribution in [-0.2, 0) is 0 Å². The first kappa shape index (κ1) is 10.0. The zero-order valence-corrected chi connectivity index (χ0v) is 9.62. The highest BCUT2D eigenvalue weighted by Crippen LogP contribution is 2.22. The van der Waals surface area contributed by atoms with E-state index in [1.807, 2.05) is 29.6 Å². The summed E-state index contributed by atoms with van der Waals surface area (Å²) in [5, 5.41) is 12.5. The van der Waals surface area contributed by atoms with Crippen LogP contribution in [0, 0.1) is 0 Å². The molecule has 0 aliphatic rings. The number of amides is 1. The molecule has 84 valence electrons. The summed E-state index contributed by atoms with van der Waals surface area (Å²) in [4.78, 5) is 12.6. The van der Waals surface area contributed by atoms with Gasteiger partial charge in [0.05, 0.1) is 22.3 Å². The Bertz CT molecular complexity index is 657. The van der Waals surface area contributed by atoms with Crippen LogP contribution in [-0.4, -0.2) is 16.1 Å². The molecule has 2 N–H and O–H groups in total. The largest absolute Gasteiger partial charge is 0.321 e. The smallest absolute Gasteiger partial charge is 0.265 e. The second-order valence-corrected chi connectivity index (χ2v) is 4.52. The summed E-state index contributed by atoms with van der Waals surface area (Å²) in [6.07, 6.45) is 1.71. The van der Waals surface area contributed by atoms with Crippen LogP contribution in [0.2, 0.25) is 0 Å². The summed E-state index contributed by atoms with van der Waals surface area (Å²) in [7, 11) is 0. The number of benzene rings is 1. The Labute approximate surface area is 101 Å². The van der Waals surface area contributed by atoms with E-state index < -0.39 is 0 Å². The fourth-order valence-corrected chi connectivity index (χ4v) is 2.29. The number of carbonyl (C=O) groups excluding carboxylic acids is 1. The van der Waals surface area contributed by atoms with Crippen LogP contribution in [0.5, 0.6) is 0 Å². The van der Waals surface area contributed by atoms with E-state index >= 15 is 0 Å². The molecule has 4 nitrogen and oxygen atoms in total. The van der Waals surface area contributed by atoms with Gasteiger partial charge in [-0.1, -0.05) is 12.1 Å². The summed E-state index contributed by atoms with van der Waals surface area (Å²) in [6, 6.07) is 9.32. The van der Waals surface area contributed by atoms with Crippen molar-refractivity contribution >= 4 is 33.8 Å². The number of aromatic nitrogens is 2. The second kappa shape index (κ2) is 4.03. The number of thiophene rings is 1. The lowest BCUT2D eigenvalue weighted by Crippen LogP contribution is -2.10. The second-order valence-electron chi connectivity index (χ2n) is 3.57. The predicted octanol–water partition coefficient (Wildman–Crippen LogP) is 2.88. The van der Waals surface area contributed by atoms with E-state index in [4.69, 9.17) is 0 Å². The molecule has 0 spiro atoms. The highest BCUT2D eigenvalue weighted by Gasteiger charge is 2.09. The van der Waals surface area contributed by atoms with Crippen LogP contribution in [0.15, 0.2) is 41.9 Å². The Morgan fingerprint density at radius 3 is 3.06 bits per heavy atom. The lowest BCUT2D eigenvalue weighted by molar-refractivity contribution is 0.103. The quantitative estimate of drug-likeness (QED) is 0.727. The van der Waals surface area contributed by atoms with Crippen molar-refractivity contribution in [1.82, 2.24) is 10.2 Å². The highest BCUT2D eigenvalue weighted by molar-refractivity contribution is 7.12. The molecule has 1 aromatic carbocycles. The monoisotopic (exact) mass is 243 g/mol. The average molecular weight is 243 g/mol. The van der Waals surface area contributed by atoms with Crippen molar-refractivity contribution in [2.75, 3.05) is 5.32 Å². The summed E-state index contributed by atoms with van der Waals surface area (Å²) >= 11 is 1.42. The van der Waals surface area contributed by atoms with Crippen molar-refractivity contribution in [1.29, 1.82) is 0 Å². The lowest BCUT2D eigenvalue weighted by atomic mass is 10.2. The number of H-pyrrole nitrogens is 1. The average Bonchev–Trinajstić information content (AvgIpc) is 3.00. The Morgan fingerprint density at radius 2 is 2.24 bits per heavy atom. The van der Waals surface area contributed by atoms with Crippen molar-refractivity contribution in [3.63, 3.8) is 0 Å². The van der Waals surface area contributed by atoms with Gasteiger partial charge in [-0.05, 0) is 23.6 Å². The third-order valence-electron chi connectivity index (χ3n) is 2.48. The zero-order chi connectivity index (χ0) is 11.7. The van der Waals surface area contributed by atoms with Crippen molar-refractivity contribution in [2.45, 2.75) is 0 Å². The van der Waals surface area contributed by atoms with Crippen LogP contribution in [0.4, 0.5) is 5.69 Å². The molecule has 0 fully saturated rings. The van der Waals surface area contributed by atoms with Gasteiger partial charge in [0.15, 0.2) is 0 Å². The molecule has 0 aliphatic heterocycles. The molecule has 3 rings (SSSR count). The van der Waals surface area contributed by atoms with E-state index in [9.17, 15) is 4.79 Å². The predicted molar refractivity (Wildman–Crippen MR) is 68.4 cm³/mol. The molecule has 17 heavy (non-hydrogen) atoms. The Hall–Kier alpha value is -2.14. The fourth-order valence-electron chi connectivity index (χ4n) is 1.67. The molecule has 3 aromatic rings. The van der Waals surface area contributed by atoms with E-state index in [-0.39, 0.29) is 5.91 Å².